The summed E-state index contributed by atoms with van der Waals surface area (Å²) in [5.41, 5.74) is 0. The van der Waals surface area contributed by atoms with Gasteiger partial charge in [0.05, 0.1) is 18.8 Å². The third-order valence-electron chi connectivity index (χ3n) is 2.04. The normalized spacial score (nSPS) is 13.2. The highest BCUT2D eigenvalue weighted by Crippen LogP contribution is 1.99. The Labute approximate surface area is 117 Å². The van der Waals surface area contributed by atoms with Crippen LogP contribution in [0.1, 0.15) is 47.5 Å². The standard InChI is InChI=1S/C12H24O4.C2H6O/c1-5-6-7-14-10(2)8-15-11(3)9-16-12(4)13;1-2-3/h10-11H,5-9H2,1-4H3;3H,2H2,1H3. The number of hydrogen-bond donors (Lipinski definition) is 1. The minimum Gasteiger partial charge on any atom is -0.463 e. The lowest BCUT2D eigenvalue weighted by Crippen LogP contribution is -2.24. The van der Waals surface area contributed by atoms with Crippen molar-refractivity contribution in [2.75, 3.05) is 26.4 Å². The molecule has 5 nitrogen and oxygen atoms in total. The molecule has 0 aliphatic rings. The van der Waals surface area contributed by atoms with E-state index in [4.69, 9.17) is 19.3 Å². The van der Waals surface area contributed by atoms with Crippen LogP contribution in [-0.2, 0) is 19.0 Å². The molecule has 2 unspecified atom stereocenters. The predicted molar refractivity (Wildman–Crippen MR) is 75.1 cm³/mol. The Morgan fingerprint density at radius 1 is 1.11 bits per heavy atom. The van der Waals surface area contributed by atoms with Crippen LogP contribution in [0.4, 0.5) is 0 Å². The van der Waals surface area contributed by atoms with Gasteiger partial charge in [-0.3, -0.25) is 4.79 Å². The molecule has 19 heavy (non-hydrogen) atoms. The number of hydrogen-bond acceptors (Lipinski definition) is 5. The van der Waals surface area contributed by atoms with Gasteiger partial charge in [-0.05, 0) is 27.2 Å². The second kappa shape index (κ2) is 15.4. The zero-order valence-corrected chi connectivity index (χ0v) is 13.0. The van der Waals surface area contributed by atoms with Gasteiger partial charge in [-0.1, -0.05) is 13.3 Å². The molecule has 0 fully saturated rings. The molecule has 2 atom stereocenters. The van der Waals surface area contributed by atoms with Crippen LogP contribution < -0.4 is 0 Å². The van der Waals surface area contributed by atoms with Gasteiger partial charge in [-0.25, -0.2) is 0 Å². The van der Waals surface area contributed by atoms with Crippen molar-refractivity contribution in [1.29, 1.82) is 0 Å². The molecule has 0 heterocycles. The number of ether oxygens (including phenoxy) is 3. The van der Waals surface area contributed by atoms with Crippen LogP contribution in [0.3, 0.4) is 0 Å². The molecule has 0 spiro atoms. The fourth-order valence-corrected chi connectivity index (χ4v) is 1.06. The van der Waals surface area contributed by atoms with E-state index in [1.54, 1.807) is 6.92 Å². The average molecular weight is 278 g/mol. The maximum atomic E-state index is 10.6. The Kier molecular flexibility index (Phi) is 16.8. The van der Waals surface area contributed by atoms with Crippen LogP contribution in [0, 0.1) is 0 Å². The predicted octanol–water partition coefficient (Wildman–Crippen LogP) is 2.16. The Bertz CT molecular complexity index is 196. The van der Waals surface area contributed by atoms with Crippen LogP contribution in [0.25, 0.3) is 0 Å². The fraction of sp³-hybridized carbons (Fsp3) is 0.929. The first-order valence-electron chi connectivity index (χ1n) is 6.95. The lowest BCUT2D eigenvalue weighted by molar-refractivity contribution is -0.145. The molecule has 0 saturated heterocycles. The summed E-state index contributed by atoms with van der Waals surface area (Å²) in [6.07, 6.45) is 2.22. The van der Waals surface area contributed by atoms with Gasteiger partial charge in [0, 0.05) is 20.1 Å². The third kappa shape index (κ3) is 19.9. The van der Waals surface area contributed by atoms with Crippen molar-refractivity contribution in [2.24, 2.45) is 0 Å². The van der Waals surface area contributed by atoms with Crippen LogP contribution in [-0.4, -0.2) is 49.7 Å². The molecule has 0 bridgehead atoms. The first-order chi connectivity index (χ1) is 8.97. The first kappa shape index (κ1) is 20.7. The topological polar surface area (TPSA) is 65.0 Å². The summed E-state index contributed by atoms with van der Waals surface area (Å²) >= 11 is 0. The van der Waals surface area contributed by atoms with Gasteiger partial charge >= 0.3 is 5.97 Å². The molecule has 0 rings (SSSR count). The van der Waals surface area contributed by atoms with Gasteiger partial charge in [0.2, 0.25) is 0 Å². The van der Waals surface area contributed by atoms with Crippen molar-refractivity contribution in [3.05, 3.63) is 0 Å². The van der Waals surface area contributed by atoms with Gasteiger partial charge < -0.3 is 19.3 Å². The number of aliphatic hydroxyl groups is 1. The van der Waals surface area contributed by atoms with E-state index in [1.165, 1.54) is 6.92 Å². The van der Waals surface area contributed by atoms with E-state index in [9.17, 15) is 4.79 Å². The highest BCUT2D eigenvalue weighted by molar-refractivity contribution is 5.65. The van der Waals surface area contributed by atoms with E-state index in [-0.39, 0.29) is 24.8 Å². The van der Waals surface area contributed by atoms with Crippen molar-refractivity contribution in [2.45, 2.75) is 59.7 Å². The van der Waals surface area contributed by atoms with Crippen molar-refractivity contribution in [3.8, 4) is 0 Å². The molecule has 0 radical (unpaired) electrons. The molecule has 0 aliphatic heterocycles. The lowest BCUT2D eigenvalue weighted by atomic mass is 10.3. The van der Waals surface area contributed by atoms with Gasteiger partial charge in [0.25, 0.3) is 0 Å². The number of carbonyl (C=O) groups excluding carboxylic acids is 1. The zero-order valence-electron chi connectivity index (χ0n) is 13.0. The van der Waals surface area contributed by atoms with Gasteiger partial charge in [0.1, 0.15) is 6.61 Å². The molecule has 5 heteroatoms. The molecule has 0 aromatic heterocycles. The number of aliphatic hydroxyl groups excluding tert-OH is 1. The largest absolute Gasteiger partial charge is 0.463 e. The summed E-state index contributed by atoms with van der Waals surface area (Å²) in [5, 5.41) is 7.57. The summed E-state index contributed by atoms with van der Waals surface area (Å²) < 4.78 is 15.8. The number of rotatable bonds is 9. The average Bonchev–Trinajstić information content (AvgIpc) is 2.35. The molecular formula is C14H30O5. The zero-order chi connectivity index (χ0) is 15.1. The minimum absolute atomic E-state index is 0.0823. The summed E-state index contributed by atoms with van der Waals surface area (Å²) in [4.78, 5) is 10.6. The maximum absolute atomic E-state index is 10.6. The Balaban J connectivity index is 0. The minimum atomic E-state index is -0.275. The van der Waals surface area contributed by atoms with Crippen LogP contribution >= 0.6 is 0 Å². The summed E-state index contributed by atoms with van der Waals surface area (Å²) in [6, 6.07) is 0. The molecule has 1 N–H and O–H groups in total. The SMILES string of the molecule is CCCCOC(C)COC(C)COC(C)=O.CCO. The summed E-state index contributed by atoms with van der Waals surface area (Å²) in [6.45, 7) is 10.9. The van der Waals surface area contributed by atoms with E-state index < -0.39 is 0 Å². The van der Waals surface area contributed by atoms with Gasteiger partial charge in [-0.15, -0.1) is 0 Å². The number of unbranched alkanes of at least 4 members (excludes halogenated alkanes) is 1. The highest BCUT2D eigenvalue weighted by atomic mass is 16.6. The van der Waals surface area contributed by atoms with Crippen molar-refractivity contribution in [3.63, 3.8) is 0 Å². The smallest absolute Gasteiger partial charge is 0.302 e. The molecule has 0 amide bonds. The van der Waals surface area contributed by atoms with E-state index in [1.807, 2.05) is 13.8 Å². The monoisotopic (exact) mass is 278 g/mol. The van der Waals surface area contributed by atoms with Gasteiger partial charge in [0.15, 0.2) is 0 Å². The second-order valence-corrected chi connectivity index (χ2v) is 4.30. The second-order valence-electron chi connectivity index (χ2n) is 4.30. The Morgan fingerprint density at radius 3 is 2.11 bits per heavy atom. The number of carbonyl (C=O) groups is 1. The number of esters is 1. The molecule has 116 valence electrons. The molecule has 0 aromatic carbocycles. The third-order valence-corrected chi connectivity index (χ3v) is 2.04. The molecule has 0 saturated carbocycles. The molecule has 0 aromatic rings. The quantitative estimate of drug-likeness (QED) is 0.517. The van der Waals surface area contributed by atoms with E-state index >= 15 is 0 Å². The first-order valence-corrected chi connectivity index (χ1v) is 6.95. The Hall–Kier alpha value is -0.650. The van der Waals surface area contributed by atoms with Crippen molar-refractivity contribution < 1.29 is 24.1 Å². The van der Waals surface area contributed by atoms with E-state index in [2.05, 4.69) is 6.92 Å². The van der Waals surface area contributed by atoms with Crippen LogP contribution in [0.15, 0.2) is 0 Å². The van der Waals surface area contributed by atoms with E-state index in [0.29, 0.717) is 13.2 Å². The van der Waals surface area contributed by atoms with E-state index in [0.717, 1.165) is 19.4 Å². The van der Waals surface area contributed by atoms with Crippen molar-refractivity contribution in [1.82, 2.24) is 0 Å². The van der Waals surface area contributed by atoms with Crippen LogP contribution in [0.5, 0.6) is 0 Å². The molecular weight excluding hydrogens is 248 g/mol. The fourth-order valence-electron chi connectivity index (χ4n) is 1.06. The van der Waals surface area contributed by atoms with Gasteiger partial charge in [-0.2, -0.15) is 0 Å². The summed E-state index contributed by atoms with van der Waals surface area (Å²) in [7, 11) is 0. The van der Waals surface area contributed by atoms with Crippen molar-refractivity contribution >= 4 is 5.97 Å². The summed E-state index contributed by atoms with van der Waals surface area (Å²) in [5.74, 6) is -0.275. The van der Waals surface area contributed by atoms with Crippen LogP contribution in [0.2, 0.25) is 0 Å². The highest BCUT2D eigenvalue weighted by Gasteiger charge is 2.08. The lowest BCUT2D eigenvalue weighted by Gasteiger charge is -2.17. The molecule has 0 aliphatic carbocycles. The Morgan fingerprint density at radius 2 is 1.63 bits per heavy atom. The maximum Gasteiger partial charge on any atom is 0.302 e.